The van der Waals surface area contributed by atoms with E-state index in [1.165, 1.54) is 6.26 Å². The number of rotatable bonds is 2. The number of hydrogen-bond donors (Lipinski definition) is 1. The van der Waals surface area contributed by atoms with E-state index in [0.29, 0.717) is 16.1 Å². The van der Waals surface area contributed by atoms with Crippen molar-refractivity contribution < 1.29 is 8.42 Å². The minimum atomic E-state index is -3.25. The molecule has 0 amide bonds. The first-order chi connectivity index (χ1) is 7.89. The van der Waals surface area contributed by atoms with E-state index in [0.717, 1.165) is 5.56 Å². The van der Waals surface area contributed by atoms with Crippen LogP contribution in [0.4, 0.5) is 5.69 Å². The van der Waals surface area contributed by atoms with Crippen LogP contribution in [0.2, 0.25) is 0 Å². The number of anilines is 1. The zero-order valence-electron chi connectivity index (χ0n) is 9.71. The van der Waals surface area contributed by atoms with Crippen LogP contribution in [0, 0.1) is 0 Å². The molecule has 90 valence electrons. The molecule has 1 aromatic heterocycles. The minimum absolute atomic E-state index is 0.304. The molecular weight excluding hydrogens is 236 g/mol. The smallest absolute Gasteiger partial charge is 0.176 e. The summed E-state index contributed by atoms with van der Waals surface area (Å²) in [6.07, 6.45) is 4.78. The molecule has 2 rings (SSSR count). The van der Waals surface area contributed by atoms with E-state index in [1.54, 1.807) is 30.5 Å². The lowest BCUT2D eigenvalue weighted by atomic mass is 10.1. The van der Waals surface area contributed by atoms with Crippen LogP contribution < -0.4 is 5.73 Å². The van der Waals surface area contributed by atoms with Gasteiger partial charge in [0.05, 0.1) is 10.6 Å². The largest absolute Gasteiger partial charge is 0.397 e. The van der Waals surface area contributed by atoms with Crippen LogP contribution >= 0.6 is 0 Å². The van der Waals surface area contributed by atoms with Crippen LogP contribution in [-0.2, 0) is 16.9 Å². The molecule has 0 aliphatic carbocycles. The van der Waals surface area contributed by atoms with Crippen molar-refractivity contribution in [1.82, 2.24) is 4.57 Å². The van der Waals surface area contributed by atoms with Crippen molar-refractivity contribution in [2.24, 2.45) is 7.05 Å². The first kappa shape index (κ1) is 11.7. The fraction of sp³-hybridized carbons (Fsp3) is 0.167. The van der Waals surface area contributed by atoms with Gasteiger partial charge in [-0.2, -0.15) is 0 Å². The number of nitrogen functional groups attached to an aromatic ring is 1. The zero-order chi connectivity index (χ0) is 12.6. The number of sulfone groups is 1. The quantitative estimate of drug-likeness (QED) is 0.881. The molecule has 2 aromatic rings. The standard InChI is InChI=1S/C12H14N2O2S/c1-14-7-10(11(13)8-14)9-5-3-4-6-12(9)17(2,15)16/h3-8H,13H2,1-2H3. The van der Waals surface area contributed by atoms with Crippen molar-refractivity contribution >= 4 is 15.5 Å². The van der Waals surface area contributed by atoms with Gasteiger partial charge in [-0.05, 0) is 6.07 Å². The van der Waals surface area contributed by atoms with Gasteiger partial charge in [0.25, 0.3) is 0 Å². The van der Waals surface area contributed by atoms with E-state index < -0.39 is 9.84 Å². The SMILES string of the molecule is Cn1cc(N)c(-c2ccccc2S(C)(=O)=O)c1. The maximum absolute atomic E-state index is 11.7. The van der Waals surface area contributed by atoms with Crippen LogP contribution in [0.15, 0.2) is 41.6 Å². The first-order valence-corrected chi connectivity index (χ1v) is 6.99. The van der Waals surface area contributed by atoms with Gasteiger partial charge < -0.3 is 10.3 Å². The molecule has 0 aliphatic rings. The van der Waals surface area contributed by atoms with Gasteiger partial charge in [0.1, 0.15) is 0 Å². The second kappa shape index (κ2) is 3.92. The van der Waals surface area contributed by atoms with Gasteiger partial charge in [0.2, 0.25) is 0 Å². The summed E-state index contributed by atoms with van der Waals surface area (Å²) in [5.41, 5.74) is 7.83. The molecule has 1 aromatic carbocycles. The summed E-state index contributed by atoms with van der Waals surface area (Å²) in [6, 6.07) is 6.87. The highest BCUT2D eigenvalue weighted by molar-refractivity contribution is 7.90. The van der Waals surface area contributed by atoms with Crippen molar-refractivity contribution in [3.8, 4) is 11.1 Å². The molecule has 0 bridgehead atoms. The van der Waals surface area contributed by atoms with Crippen LogP contribution in [0.3, 0.4) is 0 Å². The highest BCUT2D eigenvalue weighted by Crippen LogP contribution is 2.31. The van der Waals surface area contributed by atoms with Gasteiger partial charge in [-0.3, -0.25) is 0 Å². The molecule has 0 radical (unpaired) electrons. The summed E-state index contributed by atoms with van der Waals surface area (Å²) < 4.78 is 25.2. The van der Waals surface area contributed by atoms with Gasteiger partial charge in [-0.15, -0.1) is 0 Å². The molecule has 5 heteroatoms. The predicted octanol–water partition coefficient (Wildman–Crippen LogP) is 1.68. The number of nitrogens with two attached hydrogens (primary N) is 1. The summed E-state index contributed by atoms with van der Waals surface area (Å²) >= 11 is 0. The molecule has 0 fully saturated rings. The van der Waals surface area contributed by atoms with Crippen molar-refractivity contribution in [2.75, 3.05) is 12.0 Å². The monoisotopic (exact) mass is 250 g/mol. The van der Waals surface area contributed by atoms with Crippen molar-refractivity contribution in [3.05, 3.63) is 36.7 Å². The van der Waals surface area contributed by atoms with Gasteiger partial charge in [-0.1, -0.05) is 18.2 Å². The summed E-state index contributed by atoms with van der Waals surface area (Å²) in [5, 5.41) is 0. The molecule has 17 heavy (non-hydrogen) atoms. The Balaban J connectivity index is 2.73. The van der Waals surface area contributed by atoms with Crippen LogP contribution in [0.1, 0.15) is 0 Å². The number of nitrogens with zero attached hydrogens (tertiary/aromatic N) is 1. The van der Waals surface area contributed by atoms with E-state index in [2.05, 4.69) is 0 Å². The minimum Gasteiger partial charge on any atom is -0.397 e. The molecule has 4 nitrogen and oxygen atoms in total. The van der Waals surface area contributed by atoms with Crippen molar-refractivity contribution in [3.63, 3.8) is 0 Å². The maximum atomic E-state index is 11.7. The van der Waals surface area contributed by atoms with E-state index in [4.69, 9.17) is 5.73 Å². The van der Waals surface area contributed by atoms with Gasteiger partial charge in [-0.25, -0.2) is 8.42 Å². The summed E-state index contributed by atoms with van der Waals surface area (Å²) in [5.74, 6) is 0. The molecule has 0 saturated heterocycles. The third kappa shape index (κ3) is 2.19. The zero-order valence-corrected chi connectivity index (χ0v) is 10.5. The molecule has 0 unspecified atom stereocenters. The molecule has 1 heterocycles. The maximum Gasteiger partial charge on any atom is 0.176 e. The molecular formula is C12H14N2O2S. The molecule has 0 aliphatic heterocycles. The Labute approximate surface area is 101 Å². The molecule has 0 saturated carbocycles. The number of benzene rings is 1. The van der Waals surface area contributed by atoms with E-state index in [9.17, 15) is 8.42 Å². The summed E-state index contributed by atoms with van der Waals surface area (Å²) in [4.78, 5) is 0.304. The predicted molar refractivity (Wildman–Crippen MR) is 68.4 cm³/mol. The Morgan fingerprint density at radius 2 is 1.76 bits per heavy atom. The van der Waals surface area contributed by atoms with E-state index in [-0.39, 0.29) is 0 Å². The van der Waals surface area contributed by atoms with Crippen molar-refractivity contribution in [2.45, 2.75) is 4.90 Å². The van der Waals surface area contributed by atoms with Gasteiger partial charge >= 0.3 is 0 Å². The van der Waals surface area contributed by atoms with E-state index >= 15 is 0 Å². The summed E-state index contributed by atoms with van der Waals surface area (Å²) in [6.45, 7) is 0. The second-order valence-corrected chi connectivity index (χ2v) is 6.05. The second-order valence-electron chi connectivity index (χ2n) is 4.06. The van der Waals surface area contributed by atoms with Crippen LogP contribution in [0.5, 0.6) is 0 Å². The third-order valence-corrected chi connectivity index (χ3v) is 3.72. The third-order valence-electron chi connectivity index (χ3n) is 2.56. The molecule has 0 atom stereocenters. The van der Waals surface area contributed by atoms with Crippen molar-refractivity contribution in [1.29, 1.82) is 0 Å². The van der Waals surface area contributed by atoms with E-state index in [1.807, 2.05) is 17.8 Å². The average Bonchev–Trinajstić information content (AvgIpc) is 2.56. The summed E-state index contributed by atoms with van der Waals surface area (Å²) in [7, 11) is -1.40. The van der Waals surface area contributed by atoms with Gasteiger partial charge in [0, 0.05) is 36.8 Å². The Hall–Kier alpha value is -1.75. The normalized spacial score (nSPS) is 11.6. The molecule has 0 spiro atoms. The topological polar surface area (TPSA) is 65.1 Å². The number of aromatic nitrogens is 1. The van der Waals surface area contributed by atoms with Crippen LogP contribution in [0.25, 0.3) is 11.1 Å². The molecule has 2 N–H and O–H groups in total. The highest BCUT2D eigenvalue weighted by Gasteiger charge is 2.16. The van der Waals surface area contributed by atoms with Gasteiger partial charge in [0.15, 0.2) is 9.84 Å². The lowest BCUT2D eigenvalue weighted by Crippen LogP contribution is -2.00. The Kier molecular flexibility index (Phi) is 2.71. The number of aryl methyl sites for hydroxylation is 1. The number of hydrogen-bond acceptors (Lipinski definition) is 3. The fourth-order valence-electron chi connectivity index (χ4n) is 1.84. The average molecular weight is 250 g/mol. The Morgan fingerprint density at radius 1 is 1.12 bits per heavy atom. The van der Waals surface area contributed by atoms with Crippen LogP contribution in [-0.4, -0.2) is 19.2 Å². The highest BCUT2D eigenvalue weighted by atomic mass is 32.2. The lowest BCUT2D eigenvalue weighted by molar-refractivity contribution is 0.602. The first-order valence-electron chi connectivity index (χ1n) is 5.10. The lowest BCUT2D eigenvalue weighted by Gasteiger charge is -2.06. The Morgan fingerprint density at radius 3 is 2.29 bits per heavy atom. The fourth-order valence-corrected chi connectivity index (χ4v) is 2.75. The Bertz CT molecular complexity index is 657.